The highest BCUT2D eigenvalue weighted by molar-refractivity contribution is 6.99. The predicted octanol–water partition coefficient (Wildman–Crippen LogP) is 2.19. The summed E-state index contributed by atoms with van der Waals surface area (Å²) in [5, 5.41) is 9.20. The number of ether oxygens (including phenoxy) is 1. The molecule has 6 heteroatoms. The van der Waals surface area contributed by atoms with Gasteiger partial charge in [-0.3, -0.25) is 0 Å². The summed E-state index contributed by atoms with van der Waals surface area (Å²) in [5.41, 5.74) is 2.11. The maximum absolute atomic E-state index is 9.20. The standard InChI is InChI=1S/C14H23N3O2S/c1-11(18)6-3-4-9-19-14-13(15-20-16-14)12-7-5-8-17(2)10-12/h7,11,18H,3-6,8-10H2,1-2H3. The van der Waals surface area contributed by atoms with E-state index < -0.39 is 0 Å². The fourth-order valence-corrected chi connectivity index (χ4v) is 2.78. The molecule has 1 aromatic rings. The first kappa shape index (κ1) is 15.4. The van der Waals surface area contributed by atoms with Crippen molar-refractivity contribution in [3.8, 4) is 5.88 Å². The van der Waals surface area contributed by atoms with Gasteiger partial charge in [-0.15, -0.1) is 4.37 Å². The lowest BCUT2D eigenvalue weighted by atomic mass is 10.1. The van der Waals surface area contributed by atoms with E-state index in [0.717, 1.165) is 44.5 Å². The Hall–Kier alpha value is -0.980. The molecule has 0 amide bonds. The number of rotatable bonds is 7. The van der Waals surface area contributed by atoms with Gasteiger partial charge in [-0.05, 0) is 45.2 Å². The van der Waals surface area contributed by atoms with Gasteiger partial charge in [0.25, 0.3) is 5.88 Å². The Bertz CT molecular complexity index is 445. The zero-order valence-electron chi connectivity index (χ0n) is 12.2. The van der Waals surface area contributed by atoms with E-state index in [4.69, 9.17) is 4.74 Å². The van der Waals surface area contributed by atoms with Crippen LogP contribution in [0.25, 0.3) is 5.57 Å². The molecule has 0 saturated carbocycles. The molecule has 0 bridgehead atoms. The van der Waals surface area contributed by atoms with E-state index in [1.165, 1.54) is 17.3 Å². The quantitative estimate of drug-likeness (QED) is 0.782. The van der Waals surface area contributed by atoms with E-state index >= 15 is 0 Å². The van der Waals surface area contributed by atoms with Crippen LogP contribution in [0.1, 0.15) is 38.3 Å². The largest absolute Gasteiger partial charge is 0.475 e. The van der Waals surface area contributed by atoms with Crippen LogP contribution in [0.5, 0.6) is 5.88 Å². The minimum absolute atomic E-state index is 0.227. The summed E-state index contributed by atoms with van der Waals surface area (Å²) >= 11 is 1.21. The summed E-state index contributed by atoms with van der Waals surface area (Å²) in [6.07, 6.45) is 5.78. The van der Waals surface area contributed by atoms with Crippen LogP contribution in [-0.4, -0.2) is 51.6 Å². The minimum atomic E-state index is -0.227. The molecule has 0 saturated heterocycles. The summed E-state index contributed by atoms with van der Waals surface area (Å²) in [4.78, 5) is 2.28. The predicted molar refractivity (Wildman–Crippen MR) is 81.0 cm³/mol. The number of nitrogens with zero attached hydrogens (tertiary/aromatic N) is 3. The molecule has 0 spiro atoms. The molecule has 1 unspecified atom stereocenters. The second-order valence-electron chi connectivity index (χ2n) is 5.37. The van der Waals surface area contributed by atoms with Gasteiger partial charge in [-0.2, -0.15) is 4.37 Å². The topological polar surface area (TPSA) is 58.5 Å². The smallest absolute Gasteiger partial charge is 0.253 e. The average Bonchev–Trinajstić information content (AvgIpc) is 2.86. The zero-order valence-corrected chi connectivity index (χ0v) is 13.0. The highest BCUT2D eigenvalue weighted by Crippen LogP contribution is 2.27. The van der Waals surface area contributed by atoms with E-state index in [2.05, 4.69) is 26.8 Å². The van der Waals surface area contributed by atoms with Crippen LogP contribution in [0.4, 0.5) is 0 Å². The van der Waals surface area contributed by atoms with E-state index in [1.54, 1.807) is 0 Å². The molecule has 2 heterocycles. The molecule has 0 fully saturated rings. The summed E-state index contributed by atoms with van der Waals surface area (Å²) in [7, 11) is 2.11. The van der Waals surface area contributed by atoms with Crippen molar-refractivity contribution >= 4 is 17.3 Å². The third kappa shape index (κ3) is 4.54. The van der Waals surface area contributed by atoms with Gasteiger partial charge in [-0.25, -0.2) is 0 Å². The van der Waals surface area contributed by atoms with Gasteiger partial charge in [0.05, 0.1) is 24.4 Å². The molecule has 112 valence electrons. The average molecular weight is 297 g/mol. The van der Waals surface area contributed by atoms with Gasteiger partial charge in [0, 0.05) is 13.1 Å². The molecule has 1 atom stereocenters. The number of aliphatic hydroxyl groups is 1. The van der Waals surface area contributed by atoms with Crippen LogP contribution < -0.4 is 4.74 Å². The van der Waals surface area contributed by atoms with Crippen molar-refractivity contribution in [3.05, 3.63) is 11.8 Å². The summed E-state index contributed by atoms with van der Waals surface area (Å²) in [6.45, 7) is 4.45. The van der Waals surface area contributed by atoms with Crippen molar-refractivity contribution in [2.24, 2.45) is 0 Å². The Morgan fingerprint density at radius 2 is 2.30 bits per heavy atom. The van der Waals surface area contributed by atoms with Crippen molar-refractivity contribution in [3.63, 3.8) is 0 Å². The number of hydrogen-bond donors (Lipinski definition) is 1. The van der Waals surface area contributed by atoms with E-state index in [-0.39, 0.29) is 6.10 Å². The molecule has 2 rings (SSSR count). The third-order valence-electron chi connectivity index (χ3n) is 3.36. The SMILES string of the molecule is CC(O)CCCCOc1nsnc1C1=CCCN(C)C1. The van der Waals surface area contributed by atoms with Gasteiger partial charge < -0.3 is 14.7 Å². The Balaban J connectivity index is 1.84. The minimum Gasteiger partial charge on any atom is -0.475 e. The fraction of sp³-hybridized carbons (Fsp3) is 0.714. The Kier molecular flexibility index (Phi) is 5.94. The number of likely N-dealkylation sites (N-methyl/N-ethyl adjacent to an activating group) is 1. The monoisotopic (exact) mass is 297 g/mol. The van der Waals surface area contributed by atoms with Crippen molar-refractivity contribution in [1.82, 2.24) is 13.6 Å². The molecule has 1 aliphatic heterocycles. The number of unbranched alkanes of at least 4 members (excludes halogenated alkanes) is 1. The Morgan fingerprint density at radius 1 is 1.45 bits per heavy atom. The van der Waals surface area contributed by atoms with E-state index in [1.807, 2.05) is 6.92 Å². The zero-order chi connectivity index (χ0) is 14.4. The van der Waals surface area contributed by atoms with Gasteiger partial charge >= 0.3 is 0 Å². The molecule has 0 aromatic carbocycles. The highest BCUT2D eigenvalue weighted by atomic mass is 32.1. The van der Waals surface area contributed by atoms with Crippen LogP contribution in [0.3, 0.4) is 0 Å². The molecule has 0 aliphatic carbocycles. The van der Waals surface area contributed by atoms with Crippen LogP contribution in [0.15, 0.2) is 6.08 Å². The van der Waals surface area contributed by atoms with Gasteiger partial charge in [0.15, 0.2) is 0 Å². The molecule has 1 N–H and O–H groups in total. The second kappa shape index (κ2) is 7.71. The van der Waals surface area contributed by atoms with Gasteiger partial charge in [0.1, 0.15) is 5.69 Å². The van der Waals surface area contributed by atoms with Crippen molar-refractivity contribution in [2.75, 3.05) is 26.7 Å². The van der Waals surface area contributed by atoms with Gasteiger partial charge in [0.2, 0.25) is 0 Å². The number of aliphatic hydroxyl groups excluding tert-OH is 1. The molecule has 1 aromatic heterocycles. The van der Waals surface area contributed by atoms with Crippen LogP contribution in [-0.2, 0) is 0 Å². The van der Waals surface area contributed by atoms with E-state index in [9.17, 15) is 5.11 Å². The van der Waals surface area contributed by atoms with Crippen LogP contribution in [0, 0.1) is 0 Å². The maximum Gasteiger partial charge on any atom is 0.253 e. The Morgan fingerprint density at radius 3 is 3.05 bits per heavy atom. The first-order chi connectivity index (χ1) is 9.66. The summed E-state index contributed by atoms with van der Waals surface area (Å²) in [5.74, 6) is 0.661. The van der Waals surface area contributed by atoms with Crippen LogP contribution in [0.2, 0.25) is 0 Å². The highest BCUT2D eigenvalue weighted by Gasteiger charge is 2.18. The number of hydrogen-bond acceptors (Lipinski definition) is 6. The first-order valence-electron chi connectivity index (χ1n) is 7.18. The van der Waals surface area contributed by atoms with Crippen LogP contribution >= 0.6 is 11.7 Å². The molecule has 1 aliphatic rings. The summed E-state index contributed by atoms with van der Waals surface area (Å²) in [6, 6.07) is 0. The molecular weight excluding hydrogens is 274 g/mol. The molecule has 0 radical (unpaired) electrons. The lowest BCUT2D eigenvalue weighted by Gasteiger charge is -2.22. The normalized spacial score (nSPS) is 17.9. The summed E-state index contributed by atoms with van der Waals surface area (Å²) < 4.78 is 14.4. The maximum atomic E-state index is 9.20. The first-order valence-corrected chi connectivity index (χ1v) is 7.91. The van der Waals surface area contributed by atoms with E-state index in [0.29, 0.717) is 12.5 Å². The Labute approximate surface area is 124 Å². The molecule has 20 heavy (non-hydrogen) atoms. The lowest BCUT2D eigenvalue weighted by Crippen LogP contribution is -2.25. The van der Waals surface area contributed by atoms with Gasteiger partial charge in [-0.1, -0.05) is 6.08 Å². The van der Waals surface area contributed by atoms with Crippen molar-refractivity contribution in [1.29, 1.82) is 0 Å². The molecular formula is C14H23N3O2S. The number of aromatic nitrogens is 2. The second-order valence-corrected chi connectivity index (χ2v) is 5.90. The molecule has 5 nitrogen and oxygen atoms in total. The fourth-order valence-electron chi connectivity index (χ4n) is 2.25. The third-order valence-corrected chi connectivity index (χ3v) is 3.87. The van der Waals surface area contributed by atoms with Crippen molar-refractivity contribution < 1.29 is 9.84 Å². The lowest BCUT2D eigenvalue weighted by molar-refractivity contribution is 0.176. The van der Waals surface area contributed by atoms with Crippen molar-refractivity contribution in [2.45, 2.75) is 38.7 Å².